The van der Waals surface area contributed by atoms with Gasteiger partial charge in [0.2, 0.25) is 5.82 Å². The summed E-state index contributed by atoms with van der Waals surface area (Å²) in [5, 5.41) is 0. The Morgan fingerprint density at radius 2 is 1.53 bits per heavy atom. The molecule has 0 bridgehead atoms. The van der Waals surface area contributed by atoms with Crippen LogP contribution in [0.2, 0.25) is 0 Å². The van der Waals surface area contributed by atoms with E-state index in [2.05, 4.69) is 6.92 Å². The molecule has 192 valence electrons. The summed E-state index contributed by atoms with van der Waals surface area (Å²) in [7, 11) is 1.46. The largest absolute Gasteiger partial charge is 0.494 e. The zero-order valence-corrected chi connectivity index (χ0v) is 21.2. The molecule has 4 rings (SSSR count). The highest BCUT2D eigenvalue weighted by molar-refractivity contribution is 5.65. The van der Waals surface area contributed by atoms with E-state index in [0.29, 0.717) is 12.2 Å². The summed E-state index contributed by atoms with van der Waals surface area (Å²) in [6.07, 6.45) is 8.09. The van der Waals surface area contributed by atoms with Crippen LogP contribution in [0.3, 0.4) is 0 Å². The van der Waals surface area contributed by atoms with Gasteiger partial charge in [-0.1, -0.05) is 50.1 Å². The molecule has 0 aromatic heterocycles. The molecule has 0 saturated heterocycles. The molecule has 0 N–H and O–H groups in total. The first kappa shape index (κ1) is 26.1. The fourth-order valence-electron chi connectivity index (χ4n) is 5.10. The van der Waals surface area contributed by atoms with Gasteiger partial charge in [0.05, 0.1) is 13.7 Å². The van der Waals surface area contributed by atoms with Crippen LogP contribution in [0, 0.1) is 23.4 Å². The number of aryl methyl sites for hydroxylation is 1. The van der Waals surface area contributed by atoms with Gasteiger partial charge in [-0.25, -0.2) is 8.78 Å². The lowest BCUT2D eigenvalue weighted by Gasteiger charge is -2.29. The summed E-state index contributed by atoms with van der Waals surface area (Å²) in [5.74, 6) is -1.42. The van der Waals surface area contributed by atoms with Crippen LogP contribution in [0.15, 0.2) is 54.6 Å². The van der Waals surface area contributed by atoms with Gasteiger partial charge in [0, 0.05) is 5.56 Å². The fourth-order valence-corrected chi connectivity index (χ4v) is 5.10. The van der Waals surface area contributed by atoms with Crippen molar-refractivity contribution in [3.05, 3.63) is 83.2 Å². The summed E-state index contributed by atoms with van der Waals surface area (Å²) < 4.78 is 54.5. The minimum atomic E-state index is -0.943. The number of rotatable bonds is 10. The molecule has 0 amide bonds. The van der Waals surface area contributed by atoms with Crippen LogP contribution in [0.4, 0.5) is 13.2 Å². The van der Waals surface area contributed by atoms with E-state index in [1.807, 2.05) is 30.3 Å². The number of hydrogen-bond acceptors (Lipinski definition) is 2. The fraction of sp³-hybridized carbons (Fsp3) is 0.419. The smallest absolute Gasteiger partial charge is 0.201 e. The van der Waals surface area contributed by atoms with Gasteiger partial charge in [-0.3, -0.25) is 0 Å². The highest BCUT2D eigenvalue weighted by atomic mass is 19.2. The second-order valence-electron chi connectivity index (χ2n) is 9.82. The molecular formula is C31H35F3O2. The summed E-state index contributed by atoms with van der Waals surface area (Å²) in [4.78, 5) is 0. The zero-order chi connectivity index (χ0) is 25.5. The monoisotopic (exact) mass is 496 g/mol. The topological polar surface area (TPSA) is 18.5 Å². The Morgan fingerprint density at radius 1 is 0.806 bits per heavy atom. The molecule has 0 unspecified atom stereocenters. The Hall–Kier alpha value is -2.95. The molecule has 3 aromatic carbocycles. The molecule has 36 heavy (non-hydrogen) atoms. The lowest BCUT2D eigenvalue weighted by molar-refractivity contribution is 0.192. The minimum Gasteiger partial charge on any atom is -0.494 e. The summed E-state index contributed by atoms with van der Waals surface area (Å²) in [6, 6.07) is 15.9. The Bertz CT molecular complexity index is 1140. The van der Waals surface area contributed by atoms with Gasteiger partial charge in [0.1, 0.15) is 0 Å². The first-order valence-electron chi connectivity index (χ1n) is 13.0. The molecule has 3 aromatic rings. The van der Waals surface area contributed by atoms with Gasteiger partial charge in [-0.05, 0) is 91.3 Å². The van der Waals surface area contributed by atoms with E-state index in [1.165, 1.54) is 31.6 Å². The van der Waals surface area contributed by atoms with Crippen molar-refractivity contribution in [2.75, 3.05) is 13.7 Å². The summed E-state index contributed by atoms with van der Waals surface area (Å²) >= 11 is 0. The van der Waals surface area contributed by atoms with Gasteiger partial charge in [0.15, 0.2) is 23.1 Å². The number of unbranched alkanes of at least 4 members (excludes halogenated alkanes) is 2. The molecule has 1 aliphatic carbocycles. The average Bonchev–Trinajstić information content (AvgIpc) is 2.90. The maximum absolute atomic E-state index is 14.9. The first-order chi connectivity index (χ1) is 17.5. The van der Waals surface area contributed by atoms with Gasteiger partial charge >= 0.3 is 0 Å². The predicted molar refractivity (Wildman–Crippen MR) is 138 cm³/mol. The molecule has 1 saturated carbocycles. The first-order valence-corrected chi connectivity index (χ1v) is 13.0. The lowest BCUT2D eigenvalue weighted by atomic mass is 9.79. The SMILES string of the molecule is CCCCCc1ccc(-c2ccc(OCC3CCC(c4ccc(OC)c(F)c4)CC3)c(F)c2F)cc1. The number of halogens is 3. The maximum atomic E-state index is 14.9. The van der Waals surface area contributed by atoms with E-state index in [1.54, 1.807) is 18.2 Å². The van der Waals surface area contributed by atoms with Crippen LogP contribution in [0.25, 0.3) is 11.1 Å². The Labute approximate surface area is 212 Å². The van der Waals surface area contributed by atoms with Crippen LogP contribution in [0.5, 0.6) is 11.5 Å². The second kappa shape index (κ2) is 12.3. The van der Waals surface area contributed by atoms with Gasteiger partial charge in [-0.15, -0.1) is 0 Å². The Kier molecular flexibility index (Phi) is 8.95. The number of benzene rings is 3. The van der Waals surface area contributed by atoms with E-state index in [4.69, 9.17) is 9.47 Å². The summed E-state index contributed by atoms with van der Waals surface area (Å²) in [5.41, 5.74) is 3.09. The highest BCUT2D eigenvalue weighted by Gasteiger charge is 2.24. The maximum Gasteiger partial charge on any atom is 0.201 e. The van der Waals surface area contributed by atoms with Crippen molar-refractivity contribution in [1.82, 2.24) is 0 Å². The van der Waals surface area contributed by atoms with Crippen molar-refractivity contribution >= 4 is 0 Å². The van der Waals surface area contributed by atoms with E-state index < -0.39 is 11.6 Å². The highest BCUT2D eigenvalue weighted by Crippen LogP contribution is 2.38. The normalized spacial score (nSPS) is 17.7. The van der Waals surface area contributed by atoms with Gasteiger partial charge in [0.25, 0.3) is 0 Å². The Balaban J connectivity index is 1.32. The zero-order valence-electron chi connectivity index (χ0n) is 21.2. The third-order valence-corrected chi connectivity index (χ3v) is 7.35. The minimum absolute atomic E-state index is 0.0493. The van der Waals surface area contributed by atoms with Crippen LogP contribution < -0.4 is 9.47 Å². The molecular weight excluding hydrogens is 461 g/mol. The molecule has 0 atom stereocenters. The van der Waals surface area contributed by atoms with Crippen LogP contribution in [-0.2, 0) is 6.42 Å². The Morgan fingerprint density at radius 3 is 2.19 bits per heavy atom. The number of methoxy groups -OCH3 is 1. The quantitative estimate of drug-likeness (QED) is 0.261. The van der Waals surface area contributed by atoms with Crippen molar-refractivity contribution in [2.45, 2.75) is 64.2 Å². The van der Waals surface area contributed by atoms with Crippen molar-refractivity contribution in [2.24, 2.45) is 5.92 Å². The molecule has 1 fully saturated rings. The average molecular weight is 497 g/mol. The van der Waals surface area contributed by atoms with Crippen molar-refractivity contribution in [3.8, 4) is 22.6 Å². The molecule has 2 nitrogen and oxygen atoms in total. The molecule has 0 heterocycles. The van der Waals surface area contributed by atoms with Crippen molar-refractivity contribution in [3.63, 3.8) is 0 Å². The van der Waals surface area contributed by atoms with E-state index in [-0.39, 0.29) is 34.7 Å². The second-order valence-corrected chi connectivity index (χ2v) is 9.82. The molecule has 5 heteroatoms. The standard InChI is InChI=1S/C31H35F3O2/c1-3-4-5-6-21-7-13-24(14-8-21)26-16-18-29(31(34)30(26)33)36-20-22-9-11-23(12-10-22)25-15-17-28(35-2)27(32)19-25/h7-8,13-19,22-23H,3-6,9-12,20H2,1-2H3. The third-order valence-electron chi connectivity index (χ3n) is 7.35. The van der Waals surface area contributed by atoms with Gasteiger partial charge in [-0.2, -0.15) is 4.39 Å². The van der Waals surface area contributed by atoms with Crippen molar-refractivity contribution < 1.29 is 22.6 Å². The predicted octanol–water partition coefficient (Wildman–Crippen LogP) is 8.87. The van der Waals surface area contributed by atoms with Crippen LogP contribution in [-0.4, -0.2) is 13.7 Å². The van der Waals surface area contributed by atoms with Crippen LogP contribution >= 0.6 is 0 Å². The number of hydrogen-bond donors (Lipinski definition) is 0. The van der Waals surface area contributed by atoms with E-state index >= 15 is 0 Å². The lowest BCUT2D eigenvalue weighted by Crippen LogP contribution is -2.19. The van der Waals surface area contributed by atoms with Crippen molar-refractivity contribution in [1.29, 1.82) is 0 Å². The molecule has 1 aliphatic rings. The van der Waals surface area contributed by atoms with E-state index in [0.717, 1.165) is 44.1 Å². The number of ether oxygens (including phenoxy) is 2. The van der Waals surface area contributed by atoms with Crippen LogP contribution in [0.1, 0.15) is 68.9 Å². The third kappa shape index (κ3) is 6.24. The molecule has 0 spiro atoms. The van der Waals surface area contributed by atoms with Gasteiger partial charge < -0.3 is 9.47 Å². The van der Waals surface area contributed by atoms with E-state index in [9.17, 15) is 13.2 Å². The molecule has 0 radical (unpaired) electrons. The molecule has 0 aliphatic heterocycles. The summed E-state index contributed by atoms with van der Waals surface area (Å²) in [6.45, 7) is 2.51.